The van der Waals surface area contributed by atoms with E-state index in [0.29, 0.717) is 13.0 Å². The molecule has 2 rings (SSSR count). The van der Waals surface area contributed by atoms with Gasteiger partial charge in [0.05, 0.1) is 11.0 Å². The summed E-state index contributed by atoms with van der Waals surface area (Å²) in [5, 5.41) is 11.8. The van der Waals surface area contributed by atoms with Crippen LogP contribution in [0.4, 0.5) is 0 Å². The van der Waals surface area contributed by atoms with Gasteiger partial charge < -0.3 is 10.4 Å². The summed E-state index contributed by atoms with van der Waals surface area (Å²) in [6.07, 6.45) is 1.27. The van der Waals surface area contributed by atoms with Crippen molar-refractivity contribution in [3.05, 3.63) is 34.7 Å². The number of amides is 1. The van der Waals surface area contributed by atoms with Crippen LogP contribution in [-0.2, 0) is 22.7 Å². The maximum atomic E-state index is 12.7. The van der Waals surface area contributed by atoms with E-state index in [1.807, 2.05) is 45.0 Å². The van der Waals surface area contributed by atoms with Crippen LogP contribution in [0.3, 0.4) is 0 Å². The molecule has 1 aromatic carbocycles. The Morgan fingerprint density at radius 1 is 1.12 bits per heavy atom. The van der Waals surface area contributed by atoms with Gasteiger partial charge in [0.25, 0.3) is 0 Å². The second-order valence-corrected chi connectivity index (χ2v) is 6.91. The number of aryl methyl sites for hydroxylation is 2. The maximum absolute atomic E-state index is 12.7. The molecule has 7 nitrogen and oxygen atoms in total. The van der Waals surface area contributed by atoms with Crippen molar-refractivity contribution in [3.63, 3.8) is 0 Å². The average Bonchev–Trinajstić information content (AvgIpc) is 2.84. The Labute approximate surface area is 152 Å². The van der Waals surface area contributed by atoms with Crippen molar-refractivity contribution in [2.24, 2.45) is 5.92 Å². The summed E-state index contributed by atoms with van der Waals surface area (Å²) >= 11 is 0. The molecule has 1 atom stereocenters. The zero-order valence-electron chi connectivity index (χ0n) is 15.6. The summed E-state index contributed by atoms with van der Waals surface area (Å²) in [4.78, 5) is 36.1. The molecule has 1 aromatic heterocycles. The molecule has 0 fully saturated rings. The molecule has 1 unspecified atom stereocenters. The number of carboxylic acids is 1. The van der Waals surface area contributed by atoms with Crippen molar-refractivity contribution in [1.82, 2.24) is 14.5 Å². The normalized spacial score (nSPS) is 12.5. The molecule has 0 spiro atoms. The summed E-state index contributed by atoms with van der Waals surface area (Å²) in [7, 11) is 0. The number of aromatic nitrogens is 2. The minimum atomic E-state index is -1.04. The highest BCUT2D eigenvalue weighted by atomic mass is 16.4. The van der Waals surface area contributed by atoms with Crippen molar-refractivity contribution in [1.29, 1.82) is 0 Å². The van der Waals surface area contributed by atoms with E-state index < -0.39 is 12.0 Å². The van der Waals surface area contributed by atoms with Gasteiger partial charge in [0.1, 0.15) is 6.04 Å². The van der Waals surface area contributed by atoms with Gasteiger partial charge in [-0.1, -0.05) is 32.9 Å². The Balaban J connectivity index is 2.14. The first kappa shape index (κ1) is 19.8. The van der Waals surface area contributed by atoms with Crippen LogP contribution in [0.25, 0.3) is 11.0 Å². The average molecular weight is 361 g/mol. The molecule has 0 aliphatic carbocycles. The Morgan fingerprint density at radius 2 is 1.69 bits per heavy atom. The van der Waals surface area contributed by atoms with Gasteiger partial charge in [0, 0.05) is 19.5 Å². The number of benzene rings is 1. The van der Waals surface area contributed by atoms with Crippen molar-refractivity contribution in [2.75, 3.05) is 0 Å². The minimum Gasteiger partial charge on any atom is -0.480 e. The number of para-hydroxylation sites is 2. The third kappa shape index (κ3) is 4.53. The number of hydrogen-bond acceptors (Lipinski definition) is 3. The quantitative estimate of drug-likeness (QED) is 0.716. The molecule has 142 valence electrons. The number of carbonyl (C=O) groups is 2. The van der Waals surface area contributed by atoms with Crippen LogP contribution in [-0.4, -0.2) is 32.2 Å². The number of nitrogens with one attached hydrogen (secondary N) is 1. The van der Waals surface area contributed by atoms with Gasteiger partial charge in [-0.3, -0.25) is 13.9 Å². The highest BCUT2D eigenvalue weighted by molar-refractivity contribution is 5.83. The summed E-state index contributed by atoms with van der Waals surface area (Å²) in [5.41, 5.74) is 1.50. The third-order valence-corrected chi connectivity index (χ3v) is 4.28. The first-order valence-electron chi connectivity index (χ1n) is 9.05. The van der Waals surface area contributed by atoms with Crippen LogP contribution in [0, 0.1) is 5.92 Å². The predicted molar refractivity (Wildman–Crippen MR) is 100 cm³/mol. The zero-order chi connectivity index (χ0) is 19.3. The number of nitrogens with zero attached hydrogens (tertiary/aromatic N) is 2. The highest BCUT2D eigenvalue weighted by Gasteiger charge is 2.21. The van der Waals surface area contributed by atoms with Crippen LogP contribution in [0.5, 0.6) is 0 Å². The number of rotatable bonds is 9. The Kier molecular flexibility index (Phi) is 6.60. The lowest BCUT2D eigenvalue weighted by Gasteiger charge is -2.16. The number of carbonyl (C=O) groups excluding carboxylic acids is 1. The van der Waals surface area contributed by atoms with Crippen molar-refractivity contribution in [2.45, 2.75) is 59.2 Å². The summed E-state index contributed by atoms with van der Waals surface area (Å²) in [5.74, 6) is -1.24. The van der Waals surface area contributed by atoms with E-state index in [9.17, 15) is 19.5 Å². The van der Waals surface area contributed by atoms with E-state index in [4.69, 9.17) is 0 Å². The number of hydrogen-bond donors (Lipinski definition) is 2. The topological polar surface area (TPSA) is 93.3 Å². The SMILES string of the molecule is CCCn1c(=O)n(CCC(=O)NC(CC(C)C)C(=O)O)c2ccccc21. The van der Waals surface area contributed by atoms with Crippen LogP contribution in [0.1, 0.15) is 40.0 Å². The first-order chi connectivity index (χ1) is 12.3. The third-order valence-electron chi connectivity index (χ3n) is 4.28. The summed E-state index contributed by atoms with van der Waals surface area (Å²) in [6.45, 7) is 6.66. The lowest BCUT2D eigenvalue weighted by Crippen LogP contribution is -2.42. The molecular weight excluding hydrogens is 334 g/mol. The minimum absolute atomic E-state index is 0.0575. The molecule has 26 heavy (non-hydrogen) atoms. The molecule has 1 amide bonds. The van der Waals surface area contributed by atoms with E-state index in [1.165, 1.54) is 0 Å². The maximum Gasteiger partial charge on any atom is 0.329 e. The molecular formula is C19H27N3O4. The monoisotopic (exact) mass is 361 g/mol. The molecule has 2 N–H and O–H groups in total. The number of aliphatic carboxylic acids is 1. The second kappa shape index (κ2) is 8.69. The Bertz CT molecular complexity index is 835. The molecule has 0 aliphatic heterocycles. The lowest BCUT2D eigenvalue weighted by atomic mass is 10.0. The fourth-order valence-electron chi connectivity index (χ4n) is 3.10. The molecule has 0 bridgehead atoms. The van der Waals surface area contributed by atoms with Gasteiger partial charge in [-0.2, -0.15) is 0 Å². The second-order valence-electron chi connectivity index (χ2n) is 6.91. The molecule has 0 saturated heterocycles. The van der Waals surface area contributed by atoms with Gasteiger partial charge in [-0.25, -0.2) is 9.59 Å². The number of imidazole rings is 1. The van der Waals surface area contributed by atoms with E-state index in [-0.39, 0.29) is 30.5 Å². The smallest absolute Gasteiger partial charge is 0.329 e. The largest absolute Gasteiger partial charge is 0.480 e. The molecule has 0 saturated carbocycles. The summed E-state index contributed by atoms with van der Waals surface area (Å²) in [6, 6.07) is 6.60. The van der Waals surface area contributed by atoms with Crippen LogP contribution >= 0.6 is 0 Å². The first-order valence-corrected chi connectivity index (χ1v) is 9.05. The van der Waals surface area contributed by atoms with E-state index in [0.717, 1.165) is 17.5 Å². The predicted octanol–water partition coefficient (Wildman–Crippen LogP) is 2.22. The molecule has 2 aromatic rings. The van der Waals surface area contributed by atoms with Crippen LogP contribution < -0.4 is 11.0 Å². The van der Waals surface area contributed by atoms with Gasteiger partial charge in [-0.15, -0.1) is 0 Å². The van der Waals surface area contributed by atoms with Gasteiger partial charge >= 0.3 is 11.7 Å². The standard InChI is InChI=1S/C19H27N3O4/c1-4-10-21-15-7-5-6-8-16(15)22(19(21)26)11-9-17(23)20-14(18(24)25)12-13(2)3/h5-8,13-14H,4,9-12H2,1-3H3,(H,20,23)(H,24,25). The lowest BCUT2D eigenvalue weighted by molar-refractivity contribution is -0.142. The van der Waals surface area contributed by atoms with Gasteiger partial charge in [0.15, 0.2) is 0 Å². The van der Waals surface area contributed by atoms with Crippen molar-refractivity contribution >= 4 is 22.9 Å². The Hall–Kier alpha value is -2.57. The zero-order valence-corrected chi connectivity index (χ0v) is 15.6. The Morgan fingerprint density at radius 3 is 2.19 bits per heavy atom. The van der Waals surface area contributed by atoms with E-state index in [1.54, 1.807) is 9.13 Å². The van der Waals surface area contributed by atoms with Gasteiger partial charge in [-0.05, 0) is 30.9 Å². The van der Waals surface area contributed by atoms with E-state index >= 15 is 0 Å². The van der Waals surface area contributed by atoms with E-state index in [2.05, 4.69) is 5.32 Å². The van der Waals surface area contributed by atoms with Crippen molar-refractivity contribution in [3.8, 4) is 0 Å². The van der Waals surface area contributed by atoms with Crippen molar-refractivity contribution < 1.29 is 14.7 Å². The highest BCUT2D eigenvalue weighted by Crippen LogP contribution is 2.13. The molecule has 1 heterocycles. The molecule has 7 heteroatoms. The molecule has 0 radical (unpaired) electrons. The molecule has 0 aliphatic rings. The number of carboxylic acid groups (broad SMARTS) is 1. The van der Waals surface area contributed by atoms with Crippen LogP contribution in [0.2, 0.25) is 0 Å². The fraction of sp³-hybridized carbons (Fsp3) is 0.526. The number of fused-ring (bicyclic) bond motifs is 1. The summed E-state index contributed by atoms with van der Waals surface area (Å²) < 4.78 is 3.30. The van der Waals surface area contributed by atoms with Crippen LogP contribution in [0.15, 0.2) is 29.1 Å². The van der Waals surface area contributed by atoms with Gasteiger partial charge in [0.2, 0.25) is 5.91 Å². The fourth-order valence-corrected chi connectivity index (χ4v) is 3.10.